The summed E-state index contributed by atoms with van der Waals surface area (Å²) in [6, 6.07) is 8.25. The van der Waals surface area contributed by atoms with Gasteiger partial charge in [-0.15, -0.1) is 0 Å². The lowest BCUT2D eigenvalue weighted by atomic mass is 9.48. The molecule has 4 nitrogen and oxygen atoms in total. The van der Waals surface area contributed by atoms with Crippen LogP contribution in [0.3, 0.4) is 0 Å². The van der Waals surface area contributed by atoms with E-state index in [1.54, 1.807) is 5.57 Å². The van der Waals surface area contributed by atoms with Crippen molar-refractivity contribution in [2.75, 3.05) is 0 Å². The van der Waals surface area contributed by atoms with Gasteiger partial charge < -0.3 is 4.57 Å². The largest absolute Gasteiger partial charge is 0.347 e. The van der Waals surface area contributed by atoms with Crippen molar-refractivity contribution in [1.82, 2.24) is 9.88 Å². The summed E-state index contributed by atoms with van der Waals surface area (Å²) in [5.41, 5.74) is 4.25. The molecule has 0 spiro atoms. The summed E-state index contributed by atoms with van der Waals surface area (Å²) >= 11 is 0.965. The van der Waals surface area contributed by atoms with Gasteiger partial charge in [-0.25, -0.2) is 0 Å². The minimum Gasteiger partial charge on any atom is -0.347 e. The Bertz CT molecular complexity index is 1060. The van der Waals surface area contributed by atoms with E-state index in [1.165, 1.54) is 18.4 Å². The topological polar surface area (TPSA) is 51.1 Å². The second-order valence-electron chi connectivity index (χ2n) is 8.71. The minimum absolute atomic E-state index is 0.303. The quantitative estimate of drug-likeness (QED) is 0.564. The molecule has 1 saturated heterocycles. The molecule has 2 amide bonds. The van der Waals surface area contributed by atoms with Crippen LogP contribution in [0.5, 0.6) is 0 Å². The number of nitrogens with zero attached hydrogens (tertiary/aromatic N) is 1. The maximum atomic E-state index is 11.9. The van der Waals surface area contributed by atoms with Crippen LogP contribution in [0.15, 0.2) is 47.0 Å². The molecule has 1 aromatic carbocycles. The fourth-order valence-corrected chi connectivity index (χ4v) is 5.81. The zero-order valence-electron chi connectivity index (χ0n) is 16.2. The number of hydrogen-bond donors (Lipinski definition) is 1. The van der Waals surface area contributed by atoms with Gasteiger partial charge in [0, 0.05) is 23.6 Å². The summed E-state index contributed by atoms with van der Waals surface area (Å²) in [5.74, 6) is 1.32. The van der Waals surface area contributed by atoms with E-state index in [4.69, 9.17) is 0 Å². The van der Waals surface area contributed by atoms with Crippen LogP contribution in [0.25, 0.3) is 17.0 Å². The van der Waals surface area contributed by atoms with Crippen molar-refractivity contribution >= 4 is 39.9 Å². The summed E-state index contributed by atoms with van der Waals surface area (Å²) in [6.07, 6.45) is 10.1. The number of allylic oxidation sites excluding steroid dienone is 2. The lowest BCUT2D eigenvalue weighted by Crippen LogP contribution is -2.48. The first-order valence-electron chi connectivity index (χ1n) is 9.95. The second-order valence-corrected chi connectivity index (χ2v) is 9.73. The van der Waals surface area contributed by atoms with E-state index in [-0.39, 0.29) is 11.1 Å². The zero-order chi connectivity index (χ0) is 19.5. The number of aryl methyl sites for hydroxylation is 1. The zero-order valence-corrected chi connectivity index (χ0v) is 17.0. The number of hydrogen-bond acceptors (Lipinski definition) is 3. The predicted molar refractivity (Wildman–Crippen MR) is 114 cm³/mol. The maximum absolute atomic E-state index is 11.9. The van der Waals surface area contributed by atoms with E-state index in [2.05, 4.69) is 48.1 Å². The molecule has 2 bridgehead atoms. The van der Waals surface area contributed by atoms with Crippen LogP contribution in [-0.4, -0.2) is 15.7 Å². The SMILES string of the molecule is CC1(C)[C@H]2CC=C(CCn3ccc4c(C=C5SC(=O)NC5=O)cccc43)[C@H]1C2. The van der Waals surface area contributed by atoms with Crippen LogP contribution < -0.4 is 5.32 Å². The molecule has 1 aromatic heterocycles. The predicted octanol–water partition coefficient (Wildman–Crippen LogP) is 5.35. The van der Waals surface area contributed by atoms with Gasteiger partial charge in [-0.05, 0) is 72.0 Å². The number of carbonyl (C=O) groups is 2. The third kappa shape index (κ3) is 2.75. The number of aromatic nitrogens is 1. The van der Waals surface area contributed by atoms with Crippen LogP contribution in [0, 0.1) is 17.3 Å². The normalized spacial score (nSPS) is 27.1. The highest BCUT2D eigenvalue weighted by atomic mass is 32.2. The highest BCUT2D eigenvalue weighted by Gasteiger charge is 2.50. The number of imide groups is 1. The summed E-state index contributed by atoms with van der Waals surface area (Å²) in [6.45, 7) is 5.82. The molecule has 1 aliphatic heterocycles. The maximum Gasteiger partial charge on any atom is 0.290 e. The molecular weight excluding hydrogens is 368 g/mol. The van der Waals surface area contributed by atoms with Crippen molar-refractivity contribution in [2.45, 2.75) is 39.7 Å². The molecule has 6 rings (SSSR count). The Morgan fingerprint density at radius 2 is 2.14 bits per heavy atom. The summed E-state index contributed by atoms with van der Waals surface area (Å²) in [4.78, 5) is 23.7. The Hall–Kier alpha value is -2.27. The third-order valence-corrected chi connectivity index (χ3v) is 7.81. The molecule has 1 saturated carbocycles. The Morgan fingerprint density at radius 3 is 2.86 bits per heavy atom. The summed E-state index contributed by atoms with van der Waals surface area (Å²) < 4.78 is 2.31. The first-order chi connectivity index (χ1) is 13.4. The lowest BCUT2D eigenvalue weighted by molar-refractivity contribution is -0.115. The van der Waals surface area contributed by atoms with Crippen molar-refractivity contribution in [1.29, 1.82) is 0 Å². The molecule has 0 radical (unpaired) electrons. The van der Waals surface area contributed by atoms with E-state index >= 15 is 0 Å². The molecular formula is C23H24N2O2S. The third-order valence-electron chi connectivity index (χ3n) is 7.00. The molecule has 28 heavy (non-hydrogen) atoms. The first kappa shape index (κ1) is 17.8. The number of fused-ring (bicyclic) bond motifs is 2. The molecule has 2 heterocycles. The minimum atomic E-state index is -0.308. The van der Waals surface area contributed by atoms with Gasteiger partial charge in [0.2, 0.25) is 0 Å². The summed E-state index contributed by atoms with van der Waals surface area (Å²) in [7, 11) is 0. The van der Waals surface area contributed by atoms with E-state index < -0.39 is 0 Å². The van der Waals surface area contributed by atoms with E-state index in [1.807, 2.05) is 18.2 Å². The Morgan fingerprint density at radius 1 is 1.29 bits per heavy atom. The fourth-order valence-electron chi connectivity index (χ4n) is 5.14. The standard InChI is InChI=1S/C23H24N2O2S/c1-23(2)16-7-6-14(18(23)13-16)8-10-25-11-9-17-15(4-3-5-19(17)25)12-20-21(26)24-22(27)28-20/h3-6,9,11-12,16,18H,7-8,10,13H2,1-2H3,(H,24,26,27)/t16-,18+/m0/s1. The highest BCUT2D eigenvalue weighted by molar-refractivity contribution is 8.18. The van der Waals surface area contributed by atoms with Crippen molar-refractivity contribution in [3.05, 3.63) is 52.6 Å². The van der Waals surface area contributed by atoms with Crippen LogP contribution >= 0.6 is 11.8 Å². The molecule has 3 aliphatic carbocycles. The van der Waals surface area contributed by atoms with Gasteiger partial charge in [0.15, 0.2) is 0 Å². The van der Waals surface area contributed by atoms with Gasteiger partial charge in [0.05, 0.1) is 4.91 Å². The number of nitrogens with one attached hydrogen (secondary N) is 1. The van der Waals surface area contributed by atoms with Gasteiger partial charge >= 0.3 is 0 Å². The molecule has 144 valence electrons. The number of amides is 2. The van der Waals surface area contributed by atoms with Crippen molar-refractivity contribution in [3.8, 4) is 0 Å². The molecule has 4 aliphatic rings. The average Bonchev–Trinajstić information content (AvgIpc) is 3.23. The van der Waals surface area contributed by atoms with Gasteiger partial charge in [0.1, 0.15) is 0 Å². The number of rotatable bonds is 4. The molecule has 2 aromatic rings. The Labute approximate surface area is 169 Å². The van der Waals surface area contributed by atoms with E-state index in [0.717, 1.165) is 47.5 Å². The van der Waals surface area contributed by atoms with Gasteiger partial charge in [-0.3, -0.25) is 14.9 Å². The monoisotopic (exact) mass is 392 g/mol. The van der Waals surface area contributed by atoms with E-state index in [0.29, 0.717) is 10.3 Å². The van der Waals surface area contributed by atoms with Crippen LogP contribution in [0.4, 0.5) is 4.79 Å². The molecule has 0 unspecified atom stereocenters. The second kappa shape index (κ2) is 6.38. The molecule has 2 atom stereocenters. The van der Waals surface area contributed by atoms with Crippen molar-refractivity contribution in [2.24, 2.45) is 17.3 Å². The van der Waals surface area contributed by atoms with E-state index in [9.17, 15) is 9.59 Å². The Balaban J connectivity index is 1.39. The van der Waals surface area contributed by atoms with Crippen molar-refractivity contribution in [3.63, 3.8) is 0 Å². The average molecular weight is 393 g/mol. The highest BCUT2D eigenvalue weighted by Crippen LogP contribution is 2.59. The number of benzene rings is 1. The number of carbonyl (C=O) groups excluding carboxylic acids is 2. The number of thioether (sulfide) groups is 1. The van der Waals surface area contributed by atoms with Gasteiger partial charge in [0.25, 0.3) is 11.1 Å². The Kier molecular flexibility index (Phi) is 4.05. The lowest BCUT2D eigenvalue weighted by Gasteiger charge is -2.56. The molecule has 1 N–H and O–H groups in total. The first-order valence-corrected chi connectivity index (χ1v) is 10.8. The van der Waals surface area contributed by atoms with Crippen LogP contribution in [0.2, 0.25) is 0 Å². The van der Waals surface area contributed by atoms with Crippen LogP contribution in [-0.2, 0) is 11.3 Å². The van der Waals surface area contributed by atoms with Gasteiger partial charge in [-0.2, -0.15) is 0 Å². The smallest absolute Gasteiger partial charge is 0.290 e. The van der Waals surface area contributed by atoms with Crippen molar-refractivity contribution < 1.29 is 9.59 Å². The van der Waals surface area contributed by atoms with Crippen LogP contribution in [0.1, 0.15) is 38.7 Å². The molecule has 2 fully saturated rings. The fraction of sp³-hybridized carbons (Fsp3) is 0.391. The van der Waals surface area contributed by atoms with Gasteiger partial charge in [-0.1, -0.05) is 37.6 Å². The summed E-state index contributed by atoms with van der Waals surface area (Å²) in [5, 5.41) is 3.13. The molecule has 5 heteroatoms.